The number of aromatic nitrogens is 1. The molecule has 0 atom stereocenters. The maximum atomic E-state index is 12.9. The Morgan fingerprint density at radius 1 is 1.19 bits per heavy atom. The first-order chi connectivity index (χ1) is 12.8. The number of ether oxygens (including phenoxy) is 1. The molecule has 27 heavy (non-hydrogen) atoms. The average Bonchev–Trinajstić information content (AvgIpc) is 3.14. The molecule has 2 aromatic carbocycles. The van der Waals surface area contributed by atoms with Crippen molar-refractivity contribution in [1.29, 1.82) is 0 Å². The van der Waals surface area contributed by atoms with Gasteiger partial charge in [-0.2, -0.15) is 13.2 Å². The highest BCUT2D eigenvalue weighted by atomic mass is 35.5. The van der Waals surface area contributed by atoms with Crippen LogP contribution in [-0.4, -0.2) is 10.9 Å². The third kappa shape index (κ3) is 4.99. The number of halogens is 4. The van der Waals surface area contributed by atoms with Gasteiger partial charge >= 0.3 is 6.18 Å². The molecule has 4 nitrogen and oxygen atoms in total. The maximum Gasteiger partial charge on any atom is 0.417 e. The first-order valence-electron chi connectivity index (χ1n) is 7.61. The molecule has 1 heterocycles. The van der Waals surface area contributed by atoms with E-state index in [1.165, 1.54) is 29.5 Å². The molecule has 0 unspecified atom stereocenters. The number of carbonyl (C=O) groups excluding carboxylic acids is 1. The van der Waals surface area contributed by atoms with Gasteiger partial charge in [-0.1, -0.05) is 11.6 Å². The lowest BCUT2D eigenvalue weighted by Gasteiger charge is -2.12. The molecule has 0 saturated heterocycles. The molecule has 0 radical (unpaired) electrons. The number of alkyl halides is 3. The van der Waals surface area contributed by atoms with Crippen molar-refractivity contribution in [3.63, 3.8) is 0 Å². The summed E-state index contributed by atoms with van der Waals surface area (Å²) in [4.78, 5) is 16.3. The standard InChI is InChI=1S/C18H12ClF3N2O2S/c19-16-6-3-12(7-15(16)18(20,21)22)24-17(25)11-1-4-14(5-2-11)26-8-13-9-27-10-23-13/h1-7,9-10H,8H2,(H,24,25). The summed E-state index contributed by atoms with van der Waals surface area (Å²) in [5.74, 6) is 0.00176. The first-order valence-corrected chi connectivity index (χ1v) is 8.93. The van der Waals surface area contributed by atoms with Crippen LogP contribution in [0.1, 0.15) is 21.6 Å². The van der Waals surface area contributed by atoms with Gasteiger partial charge in [-0.15, -0.1) is 11.3 Å². The molecule has 0 bridgehead atoms. The monoisotopic (exact) mass is 412 g/mol. The van der Waals surface area contributed by atoms with Crippen molar-refractivity contribution in [3.8, 4) is 5.75 Å². The predicted octanol–water partition coefficient (Wildman–Crippen LogP) is 5.65. The molecule has 0 fully saturated rings. The Bertz CT molecular complexity index is 929. The van der Waals surface area contributed by atoms with Crippen LogP contribution >= 0.6 is 22.9 Å². The summed E-state index contributed by atoms with van der Waals surface area (Å²) in [5.41, 5.74) is 1.77. The minimum Gasteiger partial charge on any atom is -0.487 e. The molecule has 140 valence electrons. The van der Waals surface area contributed by atoms with Crippen LogP contribution < -0.4 is 10.1 Å². The van der Waals surface area contributed by atoms with Crippen LogP contribution in [0.4, 0.5) is 18.9 Å². The van der Waals surface area contributed by atoms with E-state index in [-0.39, 0.29) is 11.3 Å². The summed E-state index contributed by atoms with van der Waals surface area (Å²) < 4.78 is 44.2. The molecule has 3 rings (SSSR count). The van der Waals surface area contributed by atoms with Gasteiger partial charge in [-0.05, 0) is 42.5 Å². The third-order valence-electron chi connectivity index (χ3n) is 3.52. The smallest absolute Gasteiger partial charge is 0.417 e. The quantitative estimate of drug-likeness (QED) is 0.589. The normalized spacial score (nSPS) is 11.3. The molecule has 9 heteroatoms. The van der Waals surface area contributed by atoms with Gasteiger partial charge in [0, 0.05) is 16.6 Å². The molecule has 1 amide bonds. The number of carbonyl (C=O) groups is 1. The highest BCUT2D eigenvalue weighted by Gasteiger charge is 2.33. The van der Waals surface area contributed by atoms with E-state index in [1.807, 2.05) is 5.38 Å². The number of hydrogen-bond acceptors (Lipinski definition) is 4. The van der Waals surface area contributed by atoms with E-state index in [1.54, 1.807) is 17.6 Å². The fourth-order valence-corrected chi connectivity index (χ4v) is 2.96. The molecule has 0 aliphatic rings. The van der Waals surface area contributed by atoms with Crippen molar-refractivity contribution in [2.45, 2.75) is 12.8 Å². The third-order valence-corrected chi connectivity index (χ3v) is 4.48. The van der Waals surface area contributed by atoms with Crippen molar-refractivity contribution in [2.75, 3.05) is 5.32 Å². The Morgan fingerprint density at radius 3 is 2.56 bits per heavy atom. The molecule has 0 saturated carbocycles. The van der Waals surface area contributed by atoms with Gasteiger partial charge in [0.1, 0.15) is 12.4 Å². The topological polar surface area (TPSA) is 51.2 Å². The second kappa shape index (κ2) is 7.98. The summed E-state index contributed by atoms with van der Waals surface area (Å²) >= 11 is 7.03. The van der Waals surface area contributed by atoms with Gasteiger partial charge in [0.2, 0.25) is 0 Å². The number of anilines is 1. The molecular weight excluding hydrogens is 401 g/mol. The maximum absolute atomic E-state index is 12.9. The van der Waals surface area contributed by atoms with E-state index in [0.29, 0.717) is 12.4 Å². The highest BCUT2D eigenvalue weighted by molar-refractivity contribution is 7.07. The summed E-state index contributed by atoms with van der Waals surface area (Å²) in [6.45, 7) is 0.306. The second-order valence-electron chi connectivity index (χ2n) is 5.44. The lowest BCUT2D eigenvalue weighted by molar-refractivity contribution is -0.137. The van der Waals surface area contributed by atoms with Gasteiger partial charge in [0.15, 0.2) is 0 Å². The van der Waals surface area contributed by atoms with E-state index in [9.17, 15) is 18.0 Å². The van der Waals surface area contributed by atoms with Gasteiger partial charge in [-0.25, -0.2) is 4.98 Å². The fraction of sp³-hybridized carbons (Fsp3) is 0.111. The van der Waals surface area contributed by atoms with Gasteiger partial charge in [0.05, 0.1) is 21.8 Å². The zero-order valence-electron chi connectivity index (χ0n) is 13.6. The van der Waals surface area contributed by atoms with E-state index < -0.39 is 22.7 Å². The van der Waals surface area contributed by atoms with Gasteiger partial charge in [0.25, 0.3) is 5.91 Å². The second-order valence-corrected chi connectivity index (χ2v) is 6.57. The predicted molar refractivity (Wildman–Crippen MR) is 97.3 cm³/mol. The van der Waals surface area contributed by atoms with Crippen LogP contribution in [0.25, 0.3) is 0 Å². The molecule has 3 aromatic rings. The lowest BCUT2D eigenvalue weighted by Crippen LogP contribution is -2.13. The Morgan fingerprint density at radius 2 is 1.93 bits per heavy atom. The van der Waals surface area contributed by atoms with Crippen molar-refractivity contribution in [2.24, 2.45) is 0 Å². The molecule has 1 aromatic heterocycles. The summed E-state index contributed by atoms with van der Waals surface area (Å²) in [5, 5.41) is 3.86. The molecule has 0 spiro atoms. The summed E-state index contributed by atoms with van der Waals surface area (Å²) in [6, 6.07) is 9.44. The minimum atomic E-state index is -4.60. The van der Waals surface area contributed by atoms with E-state index in [0.717, 1.165) is 17.8 Å². The number of hydrogen-bond donors (Lipinski definition) is 1. The average molecular weight is 413 g/mol. The van der Waals surface area contributed by atoms with E-state index in [2.05, 4.69) is 10.3 Å². The van der Waals surface area contributed by atoms with Gasteiger partial charge < -0.3 is 10.1 Å². The van der Waals surface area contributed by atoms with Crippen LogP contribution in [0.3, 0.4) is 0 Å². The lowest BCUT2D eigenvalue weighted by atomic mass is 10.1. The van der Waals surface area contributed by atoms with Crippen molar-refractivity contribution < 1.29 is 22.7 Å². The zero-order chi connectivity index (χ0) is 19.4. The van der Waals surface area contributed by atoms with Crippen LogP contribution in [0, 0.1) is 0 Å². The Balaban J connectivity index is 1.66. The highest BCUT2D eigenvalue weighted by Crippen LogP contribution is 2.36. The van der Waals surface area contributed by atoms with Crippen LogP contribution in [0.15, 0.2) is 53.4 Å². The van der Waals surface area contributed by atoms with Crippen molar-refractivity contribution in [1.82, 2.24) is 4.98 Å². The molecule has 0 aliphatic heterocycles. The summed E-state index contributed by atoms with van der Waals surface area (Å²) in [7, 11) is 0. The van der Waals surface area contributed by atoms with Crippen LogP contribution in [0.2, 0.25) is 5.02 Å². The zero-order valence-corrected chi connectivity index (χ0v) is 15.2. The SMILES string of the molecule is O=C(Nc1ccc(Cl)c(C(F)(F)F)c1)c1ccc(OCc2cscn2)cc1. The van der Waals surface area contributed by atoms with Crippen LogP contribution in [-0.2, 0) is 12.8 Å². The van der Waals surface area contributed by atoms with E-state index in [4.69, 9.17) is 16.3 Å². The molecular formula is C18H12ClF3N2O2S. The van der Waals surface area contributed by atoms with Crippen LogP contribution in [0.5, 0.6) is 5.75 Å². The summed E-state index contributed by atoms with van der Waals surface area (Å²) in [6.07, 6.45) is -4.60. The number of amides is 1. The van der Waals surface area contributed by atoms with Crippen molar-refractivity contribution >= 4 is 34.5 Å². The Labute approximate surface area is 161 Å². The molecule has 1 N–H and O–H groups in total. The number of nitrogens with zero attached hydrogens (tertiary/aromatic N) is 1. The first kappa shape index (κ1) is 19.2. The van der Waals surface area contributed by atoms with Crippen molar-refractivity contribution in [3.05, 3.63) is 75.2 Å². The molecule has 0 aliphatic carbocycles. The minimum absolute atomic E-state index is 0.000540. The Kier molecular flexibility index (Phi) is 5.67. The number of benzene rings is 2. The number of rotatable bonds is 5. The number of nitrogens with one attached hydrogen (secondary N) is 1. The largest absolute Gasteiger partial charge is 0.487 e. The van der Waals surface area contributed by atoms with E-state index >= 15 is 0 Å². The fourth-order valence-electron chi connectivity index (χ4n) is 2.19. The number of thiazole rings is 1. The van der Waals surface area contributed by atoms with Gasteiger partial charge in [-0.3, -0.25) is 4.79 Å². The Hall–Kier alpha value is -2.58.